The molecular weight excluding hydrogens is 225 g/mol. The van der Waals surface area contributed by atoms with Gasteiger partial charge < -0.3 is 14.7 Å². The van der Waals surface area contributed by atoms with Crippen molar-refractivity contribution >= 4 is 0 Å². The van der Waals surface area contributed by atoms with Crippen molar-refractivity contribution in [3.05, 3.63) is 23.3 Å². The molecule has 2 N–H and O–H groups in total. The van der Waals surface area contributed by atoms with Gasteiger partial charge in [-0.1, -0.05) is 0 Å². The molecule has 2 rings (SSSR count). The molecule has 0 aromatic heterocycles. The van der Waals surface area contributed by atoms with Crippen LogP contribution >= 0.6 is 0 Å². The van der Waals surface area contributed by atoms with E-state index in [1.165, 1.54) is 13.8 Å². The maximum Gasteiger partial charge on any atom is 0.165 e. The van der Waals surface area contributed by atoms with Gasteiger partial charge in [-0.15, -0.1) is 0 Å². The van der Waals surface area contributed by atoms with Crippen molar-refractivity contribution in [3.63, 3.8) is 0 Å². The molecule has 4 nitrogen and oxygen atoms in total. The fourth-order valence-corrected chi connectivity index (χ4v) is 1.79. The Morgan fingerprint density at radius 3 is 2.71 bits per heavy atom. The first-order chi connectivity index (χ1) is 8.02. The van der Waals surface area contributed by atoms with Crippen LogP contribution in [0, 0.1) is 0 Å². The van der Waals surface area contributed by atoms with Gasteiger partial charge in [-0.3, -0.25) is 0 Å². The van der Waals surface area contributed by atoms with Crippen molar-refractivity contribution < 1.29 is 19.1 Å². The minimum atomic E-state index is -1.46. The molecule has 0 spiro atoms. The molecule has 94 valence electrons. The zero-order chi connectivity index (χ0) is 12.5. The van der Waals surface area contributed by atoms with Crippen LogP contribution in [0.25, 0.3) is 0 Å². The van der Waals surface area contributed by atoms with Crippen LogP contribution in [-0.2, 0) is 12.2 Å². The summed E-state index contributed by atoms with van der Waals surface area (Å²) >= 11 is 0. The number of alkyl halides is 1. The maximum absolute atomic E-state index is 13.9. The lowest BCUT2D eigenvalue weighted by molar-refractivity contribution is 0.148. The summed E-state index contributed by atoms with van der Waals surface area (Å²) in [4.78, 5) is 0. The van der Waals surface area contributed by atoms with E-state index in [1.54, 1.807) is 12.1 Å². The lowest BCUT2D eigenvalue weighted by atomic mass is 9.96. The molecule has 0 aliphatic carbocycles. The first kappa shape index (κ1) is 12.1. The summed E-state index contributed by atoms with van der Waals surface area (Å²) < 4.78 is 24.9. The quantitative estimate of drug-likeness (QED) is 0.796. The number of rotatable bonds is 3. The third-order valence-corrected chi connectivity index (χ3v) is 2.68. The van der Waals surface area contributed by atoms with Crippen LogP contribution in [-0.4, -0.2) is 18.4 Å². The standard InChI is InChI=1S/C12H16FNO3/c1-12(2,13)9-5-8(7-14-15)11-10(6-9)16-3-4-17-11/h5-6,14-15H,3-4,7H2,1-2H3. The monoisotopic (exact) mass is 241 g/mol. The van der Waals surface area contributed by atoms with Gasteiger partial charge in [0.1, 0.15) is 18.9 Å². The van der Waals surface area contributed by atoms with Crippen LogP contribution in [0.4, 0.5) is 4.39 Å². The lowest BCUT2D eigenvalue weighted by Gasteiger charge is -2.24. The minimum absolute atomic E-state index is 0.190. The molecule has 0 radical (unpaired) electrons. The van der Waals surface area contributed by atoms with E-state index in [-0.39, 0.29) is 6.54 Å². The van der Waals surface area contributed by atoms with Crippen molar-refractivity contribution in [3.8, 4) is 11.5 Å². The van der Waals surface area contributed by atoms with Gasteiger partial charge in [-0.05, 0) is 31.5 Å². The SMILES string of the molecule is CC(C)(F)c1cc(CNO)c2c(c1)OCCO2. The number of halogens is 1. The molecule has 1 aliphatic rings. The molecule has 5 heteroatoms. The molecular formula is C12H16FNO3. The van der Waals surface area contributed by atoms with Crippen LogP contribution in [0.5, 0.6) is 11.5 Å². The molecule has 0 saturated heterocycles. The average molecular weight is 241 g/mol. The number of ether oxygens (including phenoxy) is 2. The van der Waals surface area contributed by atoms with E-state index in [0.717, 1.165) is 0 Å². The highest BCUT2D eigenvalue weighted by Crippen LogP contribution is 2.39. The van der Waals surface area contributed by atoms with Crippen LogP contribution in [0.3, 0.4) is 0 Å². The second-order valence-electron chi connectivity index (χ2n) is 4.47. The number of hydrogen-bond donors (Lipinski definition) is 2. The van der Waals surface area contributed by atoms with Crippen molar-refractivity contribution in [2.75, 3.05) is 13.2 Å². The Kier molecular flexibility index (Phi) is 3.22. The van der Waals surface area contributed by atoms with Crippen molar-refractivity contribution in [2.45, 2.75) is 26.1 Å². The Morgan fingerprint density at radius 2 is 2.06 bits per heavy atom. The molecule has 0 fully saturated rings. The number of hydroxylamine groups is 1. The molecule has 1 aliphatic heterocycles. The Bertz CT molecular complexity index is 415. The zero-order valence-electron chi connectivity index (χ0n) is 9.92. The van der Waals surface area contributed by atoms with Crippen molar-refractivity contribution in [1.82, 2.24) is 5.48 Å². The summed E-state index contributed by atoms with van der Waals surface area (Å²) in [6.45, 7) is 4.07. The molecule has 0 saturated carbocycles. The van der Waals surface area contributed by atoms with Gasteiger partial charge >= 0.3 is 0 Å². The second-order valence-corrected chi connectivity index (χ2v) is 4.47. The lowest BCUT2D eigenvalue weighted by Crippen LogP contribution is -2.20. The Morgan fingerprint density at radius 1 is 1.35 bits per heavy atom. The molecule has 17 heavy (non-hydrogen) atoms. The molecule has 0 bridgehead atoms. The summed E-state index contributed by atoms with van der Waals surface area (Å²) in [5.74, 6) is 1.11. The van der Waals surface area contributed by atoms with Gasteiger partial charge in [-0.25, -0.2) is 9.87 Å². The summed E-state index contributed by atoms with van der Waals surface area (Å²) in [7, 11) is 0. The van der Waals surface area contributed by atoms with Gasteiger partial charge in [-0.2, -0.15) is 0 Å². The topological polar surface area (TPSA) is 50.7 Å². The maximum atomic E-state index is 13.9. The minimum Gasteiger partial charge on any atom is -0.486 e. The number of fused-ring (bicyclic) bond motifs is 1. The third-order valence-electron chi connectivity index (χ3n) is 2.68. The van der Waals surface area contributed by atoms with Crippen LogP contribution in [0.1, 0.15) is 25.0 Å². The summed E-state index contributed by atoms with van der Waals surface area (Å²) in [6, 6.07) is 3.33. The third kappa shape index (κ3) is 2.50. The Labute approximate surface area is 99.3 Å². The van der Waals surface area contributed by atoms with Gasteiger partial charge in [0.25, 0.3) is 0 Å². The fraction of sp³-hybridized carbons (Fsp3) is 0.500. The molecule has 1 aromatic rings. The predicted molar refractivity (Wildman–Crippen MR) is 60.2 cm³/mol. The van der Waals surface area contributed by atoms with Gasteiger partial charge in [0.15, 0.2) is 11.5 Å². The van der Waals surface area contributed by atoms with Gasteiger partial charge in [0.05, 0.1) is 0 Å². The Balaban J connectivity index is 2.48. The summed E-state index contributed by atoms with van der Waals surface area (Å²) in [5.41, 5.74) is 1.79. The van der Waals surface area contributed by atoms with E-state index in [1.807, 2.05) is 0 Å². The number of benzene rings is 1. The zero-order valence-corrected chi connectivity index (χ0v) is 9.92. The molecule has 1 heterocycles. The highest BCUT2D eigenvalue weighted by atomic mass is 19.1. The van der Waals surface area contributed by atoms with Crippen LogP contribution < -0.4 is 15.0 Å². The van der Waals surface area contributed by atoms with Crippen LogP contribution in [0.15, 0.2) is 12.1 Å². The van der Waals surface area contributed by atoms with E-state index in [4.69, 9.17) is 14.7 Å². The highest BCUT2D eigenvalue weighted by molar-refractivity contribution is 5.51. The van der Waals surface area contributed by atoms with E-state index in [9.17, 15) is 4.39 Å². The fourth-order valence-electron chi connectivity index (χ4n) is 1.79. The van der Waals surface area contributed by atoms with Gasteiger partial charge in [0, 0.05) is 12.1 Å². The second kappa shape index (κ2) is 4.50. The molecule has 0 unspecified atom stereocenters. The first-order valence-electron chi connectivity index (χ1n) is 5.51. The van der Waals surface area contributed by atoms with E-state index < -0.39 is 5.67 Å². The van der Waals surface area contributed by atoms with Crippen molar-refractivity contribution in [1.29, 1.82) is 0 Å². The highest BCUT2D eigenvalue weighted by Gasteiger charge is 2.25. The summed E-state index contributed by atoms with van der Waals surface area (Å²) in [6.07, 6.45) is 0. The van der Waals surface area contributed by atoms with E-state index >= 15 is 0 Å². The molecule has 0 atom stereocenters. The molecule has 0 amide bonds. The van der Waals surface area contributed by atoms with E-state index in [0.29, 0.717) is 35.8 Å². The molecule has 1 aromatic carbocycles. The number of nitrogens with one attached hydrogen (secondary N) is 1. The predicted octanol–water partition coefficient (Wildman–Crippen LogP) is 2.14. The number of hydrogen-bond acceptors (Lipinski definition) is 4. The van der Waals surface area contributed by atoms with Gasteiger partial charge in [0.2, 0.25) is 0 Å². The smallest absolute Gasteiger partial charge is 0.165 e. The van der Waals surface area contributed by atoms with Crippen molar-refractivity contribution in [2.24, 2.45) is 0 Å². The first-order valence-corrected chi connectivity index (χ1v) is 5.51. The Hall–Kier alpha value is -1.33. The normalized spacial score (nSPS) is 14.8. The average Bonchev–Trinajstić information content (AvgIpc) is 2.28. The van der Waals surface area contributed by atoms with E-state index in [2.05, 4.69) is 5.48 Å². The summed E-state index contributed by atoms with van der Waals surface area (Å²) in [5, 5.41) is 8.77. The van der Waals surface area contributed by atoms with Crippen LogP contribution in [0.2, 0.25) is 0 Å². The largest absolute Gasteiger partial charge is 0.486 e.